The van der Waals surface area contributed by atoms with Crippen LogP contribution < -0.4 is 4.74 Å². The minimum Gasteiger partial charge on any atom is -0.437 e. The fourth-order valence-corrected chi connectivity index (χ4v) is 1.29. The van der Waals surface area contributed by atoms with Crippen LogP contribution in [0.5, 0.6) is 11.6 Å². The lowest BCUT2D eigenvalue weighted by molar-refractivity contribution is 0.455. The second-order valence-corrected chi connectivity index (χ2v) is 3.42. The molecule has 0 amide bonds. The Kier molecular flexibility index (Phi) is 3.17. The molecule has 2 rings (SSSR count). The van der Waals surface area contributed by atoms with Crippen molar-refractivity contribution in [1.29, 1.82) is 5.26 Å². The summed E-state index contributed by atoms with van der Waals surface area (Å²) in [6.45, 7) is 0. The zero-order chi connectivity index (χ0) is 12.3. The van der Waals surface area contributed by atoms with Gasteiger partial charge in [-0.3, -0.25) is 4.98 Å². The summed E-state index contributed by atoms with van der Waals surface area (Å²) in [7, 11) is 0. The molecule has 0 saturated carbocycles. The summed E-state index contributed by atoms with van der Waals surface area (Å²) in [6, 6.07) is 5.60. The summed E-state index contributed by atoms with van der Waals surface area (Å²) in [5.74, 6) is -0.278. The maximum absolute atomic E-state index is 13.3. The summed E-state index contributed by atoms with van der Waals surface area (Å²) in [4.78, 5) is 7.60. The van der Waals surface area contributed by atoms with Crippen LogP contribution in [0.3, 0.4) is 0 Å². The number of rotatable bonds is 2. The molecule has 0 radical (unpaired) electrons. The molecule has 0 saturated heterocycles. The minimum absolute atomic E-state index is 0.0467. The quantitative estimate of drug-likeness (QED) is 0.821. The Morgan fingerprint density at radius 3 is 2.82 bits per heavy atom. The Balaban J connectivity index is 2.25. The highest BCUT2D eigenvalue weighted by atomic mass is 35.5. The first kappa shape index (κ1) is 11.3. The summed E-state index contributed by atoms with van der Waals surface area (Å²) in [5.41, 5.74) is -0.0467. The molecule has 6 heteroatoms. The largest absolute Gasteiger partial charge is 0.437 e. The van der Waals surface area contributed by atoms with Gasteiger partial charge in [0.05, 0.1) is 18.0 Å². The van der Waals surface area contributed by atoms with Crippen LogP contribution in [-0.4, -0.2) is 9.97 Å². The standard InChI is InChI=1S/C11H5ClFN3O/c12-10-5-15-6-11(16-10)17-8-2-1-7(4-14)9(13)3-8/h1-3,5-6H. The summed E-state index contributed by atoms with van der Waals surface area (Å²) in [6.07, 6.45) is 2.70. The van der Waals surface area contributed by atoms with Crippen molar-refractivity contribution >= 4 is 11.6 Å². The highest BCUT2D eigenvalue weighted by molar-refractivity contribution is 6.29. The van der Waals surface area contributed by atoms with Gasteiger partial charge in [0.2, 0.25) is 5.88 Å². The normalized spacial score (nSPS) is 9.71. The van der Waals surface area contributed by atoms with Crippen LogP contribution in [0.15, 0.2) is 30.6 Å². The summed E-state index contributed by atoms with van der Waals surface area (Å²) >= 11 is 5.62. The molecule has 0 atom stereocenters. The molecular formula is C11H5ClFN3O. The van der Waals surface area contributed by atoms with E-state index in [-0.39, 0.29) is 22.3 Å². The molecule has 0 N–H and O–H groups in total. The van der Waals surface area contributed by atoms with Crippen molar-refractivity contribution in [2.75, 3.05) is 0 Å². The third-order valence-corrected chi connectivity index (χ3v) is 2.05. The smallest absolute Gasteiger partial charge is 0.239 e. The predicted octanol–water partition coefficient (Wildman–Crippen LogP) is 2.93. The number of benzene rings is 1. The van der Waals surface area contributed by atoms with Crippen molar-refractivity contribution in [3.63, 3.8) is 0 Å². The van der Waals surface area contributed by atoms with Crippen molar-refractivity contribution in [2.45, 2.75) is 0 Å². The Morgan fingerprint density at radius 1 is 1.35 bits per heavy atom. The maximum Gasteiger partial charge on any atom is 0.239 e. The van der Waals surface area contributed by atoms with Gasteiger partial charge in [0.25, 0.3) is 0 Å². The monoisotopic (exact) mass is 249 g/mol. The van der Waals surface area contributed by atoms with Crippen LogP contribution in [-0.2, 0) is 0 Å². The molecule has 0 aliphatic carbocycles. The van der Waals surface area contributed by atoms with Gasteiger partial charge in [0, 0.05) is 6.07 Å². The van der Waals surface area contributed by atoms with E-state index in [1.54, 1.807) is 6.07 Å². The molecule has 0 unspecified atom stereocenters. The molecule has 84 valence electrons. The van der Waals surface area contributed by atoms with Gasteiger partial charge in [-0.05, 0) is 12.1 Å². The molecule has 1 aromatic heterocycles. The van der Waals surface area contributed by atoms with Crippen LogP contribution in [0.2, 0.25) is 5.15 Å². The summed E-state index contributed by atoms with van der Waals surface area (Å²) < 4.78 is 18.5. The molecule has 0 bridgehead atoms. The number of ether oxygens (including phenoxy) is 1. The average Bonchev–Trinajstić information content (AvgIpc) is 2.29. The molecule has 4 nitrogen and oxygen atoms in total. The Hall–Kier alpha value is -2.19. The number of halogens is 2. The van der Waals surface area contributed by atoms with Gasteiger partial charge in [0.15, 0.2) is 5.15 Å². The van der Waals surface area contributed by atoms with Gasteiger partial charge >= 0.3 is 0 Å². The molecule has 1 aromatic carbocycles. The molecule has 0 fully saturated rings. The van der Waals surface area contributed by atoms with Crippen LogP contribution in [0.4, 0.5) is 4.39 Å². The van der Waals surface area contributed by atoms with Gasteiger partial charge < -0.3 is 4.74 Å². The Bertz CT molecular complexity index is 598. The topological polar surface area (TPSA) is 58.8 Å². The van der Waals surface area contributed by atoms with Gasteiger partial charge in [-0.15, -0.1) is 0 Å². The fraction of sp³-hybridized carbons (Fsp3) is 0. The van der Waals surface area contributed by atoms with Crippen LogP contribution >= 0.6 is 11.6 Å². The molecule has 0 aliphatic rings. The molecular weight excluding hydrogens is 245 g/mol. The van der Waals surface area contributed by atoms with Crippen LogP contribution in [0.25, 0.3) is 0 Å². The Morgan fingerprint density at radius 2 is 2.18 bits per heavy atom. The number of nitriles is 1. The third-order valence-electron chi connectivity index (χ3n) is 1.87. The number of aromatic nitrogens is 2. The highest BCUT2D eigenvalue weighted by Gasteiger charge is 2.05. The average molecular weight is 250 g/mol. The summed E-state index contributed by atoms with van der Waals surface area (Å²) in [5, 5.41) is 8.74. The minimum atomic E-state index is -0.653. The van der Waals surface area contributed by atoms with Crippen molar-refractivity contribution in [3.05, 3.63) is 47.1 Å². The predicted molar refractivity (Wildman–Crippen MR) is 58.2 cm³/mol. The van der Waals surface area contributed by atoms with E-state index in [4.69, 9.17) is 21.6 Å². The molecule has 1 heterocycles. The van der Waals surface area contributed by atoms with E-state index in [0.717, 1.165) is 6.07 Å². The van der Waals surface area contributed by atoms with Crippen molar-refractivity contribution in [2.24, 2.45) is 0 Å². The first-order chi connectivity index (χ1) is 8.19. The van der Waals surface area contributed by atoms with E-state index < -0.39 is 5.82 Å². The zero-order valence-electron chi connectivity index (χ0n) is 8.39. The second kappa shape index (κ2) is 4.76. The van der Waals surface area contributed by atoms with E-state index in [1.807, 2.05) is 0 Å². The third kappa shape index (κ3) is 2.68. The number of nitrogens with zero attached hydrogens (tertiary/aromatic N) is 3. The number of hydrogen-bond acceptors (Lipinski definition) is 4. The molecule has 0 spiro atoms. The molecule has 2 aromatic rings. The molecule has 17 heavy (non-hydrogen) atoms. The van der Waals surface area contributed by atoms with Crippen molar-refractivity contribution < 1.29 is 9.13 Å². The van der Waals surface area contributed by atoms with E-state index in [2.05, 4.69) is 9.97 Å². The zero-order valence-corrected chi connectivity index (χ0v) is 9.15. The lowest BCUT2D eigenvalue weighted by atomic mass is 10.2. The van der Waals surface area contributed by atoms with E-state index in [0.29, 0.717) is 0 Å². The highest BCUT2D eigenvalue weighted by Crippen LogP contribution is 2.22. The number of hydrogen-bond donors (Lipinski definition) is 0. The van der Waals surface area contributed by atoms with E-state index >= 15 is 0 Å². The van der Waals surface area contributed by atoms with Crippen LogP contribution in [0.1, 0.15) is 5.56 Å². The first-order valence-corrected chi connectivity index (χ1v) is 4.92. The molecule has 0 aliphatic heterocycles. The van der Waals surface area contributed by atoms with Crippen LogP contribution in [0, 0.1) is 17.1 Å². The maximum atomic E-state index is 13.3. The van der Waals surface area contributed by atoms with Gasteiger partial charge in [-0.1, -0.05) is 11.6 Å². The lowest BCUT2D eigenvalue weighted by Gasteiger charge is -2.04. The van der Waals surface area contributed by atoms with Gasteiger partial charge in [-0.2, -0.15) is 10.2 Å². The van der Waals surface area contributed by atoms with E-state index in [9.17, 15) is 4.39 Å². The fourth-order valence-electron chi connectivity index (χ4n) is 1.15. The SMILES string of the molecule is N#Cc1ccc(Oc2cncc(Cl)n2)cc1F. The lowest BCUT2D eigenvalue weighted by Crippen LogP contribution is -1.91. The van der Waals surface area contributed by atoms with E-state index in [1.165, 1.54) is 24.5 Å². The van der Waals surface area contributed by atoms with Crippen molar-refractivity contribution in [3.8, 4) is 17.7 Å². The van der Waals surface area contributed by atoms with Crippen molar-refractivity contribution in [1.82, 2.24) is 9.97 Å². The Labute approximate surface area is 101 Å². The van der Waals surface area contributed by atoms with Gasteiger partial charge in [0.1, 0.15) is 17.6 Å². The first-order valence-electron chi connectivity index (χ1n) is 4.54. The second-order valence-electron chi connectivity index (χ2n) is 3.04. The van der Waals surface area contributed by atoms with Gasteiger partial charge in [-0.25, -0.2) is 4.39 Å².